The van der Waals surface area contributed by atoms with E-state index in [4.69, 9.17) is 19.7 Å². The number of benzene rings is 2. The Morgan fingerprint density at radius 2 is 1.80 bits per heavy atom. The molecule has 1 spiro atoms. The maximum absolute atomic E-state index is 13.8. The van der Waals surface area contributed by atoms with Gasteiger partial charge in [0, 0.05) is 41.7 Å². The van der Waals surface area contributed by atoms with Crippen LogP contribution in [-0.2, 0) is 20.9 Å². The van der Waals surface area contributed by atoms with Crippen molar-refractivity contribution in [3.8, 4) is 22.4 Å². The van der Waals surface area contributed by atoms with Crippen molar-refractivity contribution in [2.24, 2.45) is 21.7 Å². The smallest absolute Gasteiger partial charge is 0.355 e. The maximum Gasteiger partial charge on any atom is 0.355 e. The topological polar surface area (TPSA) is 144 Å². The summed E-state index contributed by atoms with van der Waals surface area (Å²) >= 11 is 1.39. The first-order valence-electron chi connectivity index (χ1n) is 20.4. The van der Waals surface area contributed by atoms with Gasteiger partial charge in [0.25, 0.3) is 5.91 Å². The minimum atomic E-state index is -1.12. The van der Waals surface area contributed by atoms with E-state index in [0.29, 0.717) is 38.5 Å². The number of ether oxygens (including phenoxy) is 1. The number of nitrogens with zero attached hydrogens (tertiary/aromatic N) is 5. The SMILES string of the molecule is CON/C=C(/C(=O)Nc1nc2ccccc2s1)c1cc(-c2ccc(-c3cnn(CC45CC6(OCCN(C)C)CC7(C)CC(C)(C4)C5(C7)C6)c3C)c(C(=O)O)n2)ccc1C. The largest absolute Gasteiger partial charge is 0.476 e. The second-order valence-corrected chi connectivity index (χ2v) is 19.7. The van der Waals surface area contributed by atoms with E-state index in [2.05, 4.69) is 53.3 Å². The molecule has 0 aliphatic heterocycles. The number of nitrogens with one attached hydrogen (secondary N) is 2. The predicted octanol–water partition coefficient (Wildman–Crippen LogP) is 8.36. The Morgan fingerprint density at radius 1 is 0.983 bits per heavy atom. The van der Waals surface area contributed by atoms with Crippen LogP contribution in [0.4, 0.5) is 5.13 Å². The molecule has 3 aromatic heterocycles. The van der Waals surface area contributed by atoms with Gasteiger partial charge < -0.3 is 14.7 Å². The highest BCUT2D eigenvalue weighted by Crippen LogP contribution is 2.90. The molecular weight excluding hydrogens is 763 g/mol. The molecule has 4 aliphatic carbocycles. The van der Waals surface area contributed by atoms with Crippen molar-refractivity contribution in [1.82, 2.24) is 30.1 Å². The Labute approximate surface area is 349 Å². The van der Waals surface area contributed by atoms with Crippen LogP contribution >= 0.6 is 11.3 Å². The van der Waals surface area contributed by atoms with E-state index < -0.39 is 5.97 Å². The van der Waals surface area contributed by atoms with Crippen LogP contribution in [0.1, 0.15) is 79.7 Å². The van der Waals surface area contributed by atoms with Crippen molar-refractivity contribution in [3.05, 3.63) is 89.5 Å². The lowest BCUT2D eigenvalue weighted by atomic mass is 9.39. The fourth-order valence-electron chi connectivity index (χ4n) is 12.5. The van der Waals surface area contributed by atoms with E-state index in [1.165, 1.54) is 43.9 Å². The lowest BCUT2D eigenvalue weighted by Gasteiger charge is -2.65. The van der Waals surface area contributed by atoms with Crippen LogP contribution < -0.4 is 10.8 Å². The quantitative estimate of drug-likeness (QED) is 0.0739. The third-order valence-corrected chi connectivity index (χ3v) is 15.2. The zero-order valence-corrected chi connectivity index (χ0v) is 35.8. The first-order chi connectivity index (χ1) is 28.1. The van der Waals surface area contributed by atoms with E-state index in [1.807, 2.05) is 74.6 Å². The van der Waals surface area contributed by atoms with Gasteiger partial charge in [-0.3, -0.25) is 25.1 Å². The molecule has 3 bridgehead atoms. The summed E-state index contributed by atoms with van der Waals surface area (Å²) in [6.45, 7) is 11.4. The van der Waals surface area contributed by atoms with Crippen LogP contribution in [0, 0.1) is 35.5 Å². The number of carboxylic acids is 1. The second kappa shape index (κ2) is 14.1. The Bertz CT molecular complexity index is 2510. The number of amides is 1. The number of para-hydroxylation sites is 1. The molecule has 4 fully saturated rings. The van der Waals surface area contributed by atoms with Crippen molar-refractivity contribution in [2.75, 3.05) is 39.7 Å². The first kappa shape index (κ1) is 39.5. The number of aromatic carboxylic acids is 1. The lowest BCUT2D eigenvalue weighted by molar-refractivity contribution is -0.178. The third-order valence-electron chi connectivity index (χ3n) is 14.3. The summed E-state index contributed by atoms with van der Waals surface area (Å²) in [5.74, 6) is -1.50. The van der Waals surface area contributed by atoms with Gasteiger partial charge in [0.1, 0.15) is 0 Å². The van der Waals surface area contributed by atoms with Crippen molar-refractivity contribution >= 4 is 44.1 Å². The van der Waals surface area contributed by atoms with Gasteiger partial charge in [-0.25, -0.2) is 14.8 Å². The summed E-state index contributed by atoms with van der Waals surface area (Å²) in [5, 5.41) is 19.0. The van der Waals surface area contributed by atoms with Crippen LogP contribution in [0.25, 0.3) is 38.2 Å². The fraction of sp³-hybridized carbons (Fsp3) is 0.457. The first-order valence-corrected chi connectivity index (χ1v) is 21.3. The van der Waals surface area contributed by atoms with Crippen LogP contribution in [0.5, 0.6) is 0 Å². The number of pyridine rings is 1. The van der Waals surface area contributed by atoms with E-state index in [0.717, 1.165) is 66.0 Å². The molecule has 3 N–H and O–H groups in total. The van der Waals surface area contributed by atoms with Crippen molar-refractivity contribution < 1.29 is 24.3 Å². The third kappa shape index (κ3) is 6.39. The molecular formula is C46H53N7O5S. The molecule has 4 aliphatic rings. The van der Waals surface area contributed by atoms with Gasteiger partial charge in [-0.1, -0.05) is 49.4 Å². The Hall–Kier alpha value is -4.95. The number of carbonyl (C=O) groups excluding carboxylic acids is 1. The number of fused-ring (bicyclic) bond motifs is 3. The number of aromatic nitrogens is 4. The molecule has 12 nitrogen and oxygen atoms in total. The zero-order valence-electron chi connectivity index (χ0n) is 34.9. The summed E-state index contributed by atoms with van der Waals surface area (Å²) in [7, 11) is 5.67. The molecule has 0 saturated heterocycles. The van der Waals surface area contributed by atoms with Crippen molar-refractivity contribution in [3.63, 3.8) is 0 Å². The summed E-state index contributed by atoms with van der Waals surface area (Å²) in [5.41, 5.74) is 9.35. The van der Waals surface area contributed by atoms with E-state index in [9.17, 15) is 14.7 Å². The second-order valence-electron chi connectivity index (χ2n) is 18.7. The molecule has 308 valence electrons. The summed E-state index contributed by atoms with van der Waals surface area (Å²) < 4.78 is 10.0. The maximum atomic E-state index is 13.8. The number of anilines is 1. The average Bonchev–Trinajstić information content (AvgIpc) is 3.83. The van der Waals surface area contributed by atoms with E-state index >= 15 is 0 Å². The molecule has 0 radical (unpaired) electrons. The molecule has 4 saturated carbocycles. The fourth-order valence-corrected chi connectivity index (χ4v) is 13.4. The molecule has 5 atom stereocenters. The van der Waals surface area contributed by atoms with E-state index in [1.54, 1.807) is 0 Å². The van der Waals surface area contributed by atoms with Gasteiger partial charge in [0.15, 0.2) is 10.8 Å². The monoisotopic (exact) mass is 815 g/mol. The van der Waals surface area contributed by atoms with E-state index in [-0.39, 0.29) is 33.4 Å². The normalized spacial score (nSPS) is 28.0. The minimum absolute atomic E-state index is 0.0535. The van der Waals surface area contributed by atoms with Crippen molar-refractivity contribution in [1.29, 1.82) is 0 Å². The Kier molecular flexibility index (Phi) is 9.43. The predicted molar refractivity (Wildman–Crippen MR) is 230 cm³/mol. The molecule has 2 aromatic carbocycles. The van der Waals surface area contributed by atoms with Crippen LogP contribution in [0.2, 0.25) is 0 Å². The number of hydrogen-bond acceptors (Lipinski definition) is 10. The molecule has 5 aromatic rings. The highest BCUT2D eigenvalue weighted by Gasteiger charge is 2.84. The Balaban J connectivity index is 1.00. The number of carbonyl (C=O) groups is 2. The number of aryl methyl sites for hydroxylation is 1. The number of carboxylic acid groups (broad SMARTS) is 1. The van der Waals surface area contributed by atoms with Crippen molar-refractivity contribution in [2.45, 2.75) is 78.4 Å². The molecule has 59 heavy (non-hydrogen) atoms. The molecule has 5 unspecified atom stereocenters. The van der Waals surface area contributed by atoms with Gasteiger partial charge >= 0.3 is 5.97 Å². The van der Waals surface area contributed by atoms with Gasteiger partial charge in [0.05, 0.1) is 47.0 Å². The lowest BCUT2D eigenvalue weighted by Crippen LogP contribution is -2.60. The highest BCUT2D eigenvalue weighted by atomic mass is 32.1. The van der Waals surface area contributed by atoms with Crippen LogP contribution in [-0.4, -0.2) is 81.6 Å². The van der Waals surface area contributed by atoms with Crippen LogP contribution in [0.15, 0.2) is 67.0 Å². The average molecular weight is 816 g/mol. The molecule has 13 heteroatoms. The van der Waals surface area contributed by atoms with Crippen LogP contribution in [0.3, 0.4) is 0 Å². The Morgan fingerprint density at radius 3 is 2.56 bits per heavy atom. The molecule has 1 amide bonds. The summed E-state index contributed by atoms with van der Waals surface area (Å²) in [6.07, 6.45) is 10.3. The van der Waals surface area contributed by atoms with Gasteiger partial charge in [-0.2, -0.15) is 5.10 Å². The van der Waals surface area contributed by atoms with Gasteiger partial charge in [-0.15, -0.1) is 0 Å². The van der Waals surface area contributed by atoms with Gasteiger partial charge in [-0.05, 0) is 130 Å². The molecule has 9 rings (SSSR count). The van der Waals surface area contributed by atoms with Gasteiger partial charge in [0.2, 0.25) is 0 Å². The zero-order chi connectivity index (χ0) is 41.5. The minimum Gasteiger partial charge on any atom is -0.476 e. The molecule has 3 heterocycles. The standard InChI is InChI=1S/C46H53N7O5S/c1-28-12-13-30(18-32(28)34(20-48-57-7)39(54)51-41-50-36-10-8-9-11-37(36)59-41)35-15-14-31(38(49-35)40(55)56)33-19-47-53(29(33)2)27-44-24-43(4)21-42(3)22-45(25-44,26-46(43,44)23-42)58-17-16-52(5)6/h8-15,18-20,48H,16-17,21-27H2,1-7H3,(H,55,56)(H,50,51,54)/b34-20+. The number of thiazole rings is 1. The summed E-state index contributed by atoms with van der Waals surface area (Å²) in [4.78, 5) is 43.3. The summed E-state index contributed by atoms with van der Waals surface area (Å²) in [6, 6.07) is 17.0. The highest BCUT2D eigenvalue weighted by molar-refractivity contribution is 7.22. The number of rotatable bonds is 14. The number of hydrogen-bond donors (Lipinski definition) is 3. The number of hydroxylamine groups is 1. The number of likely N-dealkylation sites (N-methyl/N-ethyl adjacent to an activating group) is 1.